The second-order valence-electron chi connectivity index (χ2n) is 5.79. The molecule has 2 aromatic rings. The summed E-state index contributed by atoms with van der Waals surface area (Å²) in [5.74, 6) is 0.0763. The van der Waals surface area contributed by atoms with Crippen LogP contribution in [0.2, 0.25) is 0 Å². The van der Waals surface area contributed by atoms with Crippen LogP contribution in [0.25, 0.3) is 0 Å². The molecule has 0 saturated heterocycles. The number of nitrogens with one attached hydrogen (secondary N) is 1. The number of rotatable bonds is 3. The van der Waals surface area contributed by atoms with Crippen LogP contribution >= 0.6 is 15.9 Å². The van der Waals surface area contributed by atoms with Gasteiger partial charge in [-0.1, -0.05) is 38.1 Å². The SMILES string of the molecule is Cc1noc(NS(=O)(=O)c2ccc(C(C)(C)C)cc2)c1Br. The molecule has 5 nitrogen and oxygen atoms in total. The Morgan fingerprint density at radius 3 is 2.19 bits per heavy atom. The van der Waals surface area contributed by atoms with E-state index in [2.05, 4.69) is 46.6 Å². The largest absolute Gasteiger partial charge is 0.336 e. The Hall–Kier alpha value is -1.34. The Labute approximate surface area is 132 Å². The van der Waals surface area contributed by atoms with E-state index in [9.17, 15) is 8.42 Å². The first kappa shape index (κ1) is 16.0. The molecule has 0 bridgehead atoms. The van der Waals surface area contributed by atoms with E-state index < -0.39 is 10.0 Å². The maximum Gasteiger partial charge on any atom is 0.264 e. The zero-order chi connectivity index (χ0) is 15.8. The summed E-state index contributed by atoms with van der Waals surface area (Å²) in [7, 11) is -3.70. The van der Waals surface area contributed by atoms with Gasteiger partial charge in [0.15, 0.2) is 0 Å². The van der Waals surface area contributed by atoms with Gasteiger partial charge in [0, 0.05) is 0 Å². The molecule has 0 aliphatic rings. The molecule has 0 saturated carbocycles. The van der Waals surface area contributed by atoms with Crippen LogP contribution in [0.5, 0.6) is 0 Å². The van der Waals surface area contributed by atoms with Crippen LogP contribution in [0.15, 0.2) is 38.2 Å². The second kappa shape index (κ2) is 5.46. The highest BCUT2D eigenvalue weighted by atomic mass is 79.9. The summed E-state index contributed by atoms with van der Waals surface area (Å²) < 4.78 is 32.4. The summed E-state index contributed by atoms with van der Waals surface area (Å²) >= 11 is 3.23. The van der Waals surface area contributed by atoms with Crippen molar-refractivity contribution in [3.63, 3.8) is 0 Å². The van der Waals surface area contributed by atoms with Gasteiger partial charge in [0.05, 0.1) is 10.6 Å². The number of halogens is 1. The Kier molecular flexibility index (Phi) is 4.17. The highest BCUT2D eigenvalue weighted by Gasteiger charge is 2.21. The summed E-state index contributed by atoms with van der Waals surface area (Å²) in [6.45, 7) is 7.93. The van der Waals surface area contributed by atoms with Gasteiger partial charge in [-0.25, -0.2) is 13.1 Å². The molecule has 1 heterocycles. The topological polar surface area (TPSA) is 72.2 Å². The van der Waals surface area contributed by atoms with Crippen molar-refractivity contribution in [2.24, 2.45) is 0 Å². The van der Waals surface area contributed by atoms with Crippen molar-refractivity contribution in [2.45, 2.75) is 38.0 Å². The van der Waals surface area contributed by atoms with Crippen LogP contribution in [0.1, 0.15) is 32.0 Å². The van der Waals surface area contributed by atoms with Crippen LogP contribution < -0.4 is 4.72 Å². The molecule has 0 unspecified atom stereocenters. The molecule has 0 amide bonds. The zero-order valence-electron chi connectivity index (χ0n) is 12.3. The molecule has 1 aromatic carbocycles. The van der Waals surface area contributed by atoms with E-state index in [1.807, 2.05) is 12.1 Å². The third kappa shape index (κ3) is 3.47. The Balaban J connectivity index is 2.30. The molecule has 7 heteroatoms. The van der Waals surface area contributed by atoms with Crippen LogP contribution in [-0.2, 0) is 15.4 Å². The number of benzene rings is 1. The maximum atomic E-state index is 12.3. The number of hydrogen-bond acceptors (Lipinski definition) is 4. The Morgan fingerprint density at radius 1 is 1.19 bits per heavy atom. The molecule has 2 rings (SSSR count). The lowest BCUT2D eigenvalue weighted by Crippen LogP contribution is -2.14. The zero-order valence-corrected chi connectivity index (χ0v) is 14.7. The number of sulfonamides is 1. The molecule has 1 aromatic heterocycles. The molecule has 0 spiro atoms. The van der Waals surface area contributed by atoms with E-state index in [4.69, 9.17) is 4.52 Å². The lowest BCUT2D eigenvalue weighted by atomic mass is 9.87. The van der Waals surface area contributed by atoms with Crippen molar-refractivity contribution < 1.29 is 12.9 Å². The smallest absolute Gasteiger partial charge is 0.264 e. The van der Waals surface area contributed by atoms with E-state index in [1.165, 1.54) is 0 Å². The maximum absolute atomic E-state index is 12.3. The van der Waals surface area contributed by atoms with Crippen molar-refractivity contribution in [1.82, 2.24) is 5.16 Å². The van der Waals surface area contributed by atoms with Gasteiger partial charge >= 0.3 is 0 Å². The number of anilines is 1. The molecule has 114 valence electrons. The van der Waals surface area contributed by atoms with Gasteiger partial charge in [-0.05, 0) is 46.0 Å². The fourth-order valence-electron chi connectivity index (χ4n) is 1.74. The monoisotopic (exact) mass is 372 g/mol. The van der Waals surface area contributed by atoms with Gasteiger partial charge in [0.2, 0.25) is 0 Å². The molecule has 21 heavy (non-hydrogen) atoms. The van der Waals surface area contributed by atoms with Crippen molar-refractivity contribution in [2.75, 3.05) is 4.72 Å². The first-order chi connectivity index (χ1) is 9.61. The second-order valence-corrected chi connectivity index (χ2v) is 8.27. The van der Waals surface area contributed by atoms with Crippen molar-refractivity contribution in [1.29, 1.82) is 0 Å². The van der Waals surface area contributed by atoms with Gasteiger partial charge in [-0.3, -0.25) is 0 Å². The fraction of sp³-hybridized carbons (Fsp3) is 0.357. The van der Waals surface area contributed by atoms with E-state index in [0.717, 1.165) is 5.56 Å². The summed E-state index contributed by atoms with van der Waals surface area (Å²) in [6, 6.07) is 6.80. The highest BCUT2D eigenvalue weighted by molar-refractivity contribution is 9.10. The minimum atomic E-state index is -3.70. The number of aromatic nitrogens is 1. The third-order valence-electron chi connectivity index (χ3n) is 3.05. The molecule has 0 aliphatic carbocycles. The van der Waals surface area contributed by atoms with Crippen LogP contribution in [0, 0.1) is 6.92 Å². The predicted octanol–water partition coefficient (Wildman–Crippen LogP) is 3.84. The molecule has 0 fully saturated rings. The van der Waals surface area contributed by atoms with E-state index >= 15 is 0 Å². The number of aryl methyl sites for hydroxylation is 1. The van der Waals surface area contributed by atoms with Gasteiger partial charge in [0.1, 0.15) is 4.47 Å². The van der Waals surface area contributed by atoms with Crippen molar-refractivity contribution in [3.8, 4) is 0 Å². The van der Waals surface area contributed by atoms with Gasteiger partial charge < -0.3 is 4.52 Å². The molecule has 0 radical (unpaired) electrons. The van der Waals surface area contributed by atoms with Crippen LogP contribution in [0.3, 0.4) is 0 Å². The number of nitrogens with zero attached hydrogens (tertiary/aromatic N) is 1. The lowest BCUT2D eigenvalue weighted by Gasteiger charge is -2.19. The summed E-state index contributed by atoms with van der Waals surface area (Å²) in [4.78, 5) is 0.177. The summed E-state index contributed by atoms with van der Waals surface area (Å²) in [5, 5.41) is 3.69. The average Bonchev–Trinajstić information content (AvgIpc) is 2.69. The van der Waals surface area contributed by atoms with Gasteiger partial charge in [-0.15, -0.1) is 0 Å². The fourth-order valence-corrected chi connectivity index (χ4v) is 3.11. The van der Waals surface area contributed by atoms with Crippen LogP contribution in [-0.4, -0.2) is 13.6 Å². The molecular formula is C14H17BrN2O3S. The summed E-state index contributed by atoms with van der Waals surface area (Å²) in [6.07, 6.45) is 0. The van der Waals surface area contributed by atoms with E-state index in [-0.39, 0.29) is 16.2 Å². The molecule has 0 atom stereocenters. The third-order valence-corrected chi connectivity index (χ3v) is 5.33. The van der Waals surface area contributed by atoms with E-state index in [0.29, 0.717) is 10.2 Å². The summed E-state index contributed by atoms with van der Waals surface area (Å²) in [5.41, 5.74) is 1.62. The van der Waals surface area contributed by atoms with Crippen LogP contribution in [0.4, 0.5) is 5.88 Å². The normalized spacial score (nSPS) is 12.4. The lowest BCUT2D eigenvalue weighted by molar-refractivity contribution is 0.430. The Morgan fingerprint density at radius 2 is 1.76 bits per heavy atom. The van der Waals surface area contributed by atoms with Crippen molar-refractivity contribution in [3.05, 3.63) is 40.0 Å². The quantitative estimate of drug-likeness (QED) is 0.887. The van der Waals surface area contributed by atoms with Crippen molar-refractivity contribution >= 4 is 31.8 Å². The first-order valence-corrected chi connectivity index (χ1v) is 8.64. The highest BCUT2D eigenvalue weighted by Crippen LogP contribution is 2.28. The Bertz CT molecular complexity index is 744. The standard InChI is InChI=1S/C14H17BrN2O3S/c1-9-12(15)13(20-16-9)17-21(18,19)11-7-5-10(6-8-11)14(2,3)4/h5-8,17H,1-4H3. The molecule has 1 N–H and O–H groups in total. The predicted molar refractivity (Wildman–Crippen MR) is 84.9 cm³/mol. The molecular weight excluding hydrogens is 356 g/mol. The first-order valence-electron chi connectivity index (χ1n) is 6.36. The molecule has 0 aliphatic heterocycles. The van der Waals surface area contributed by atoms with E-state index in [1.54, 1.807) is 19.1 Å². The number of hydrogen-bond donors (Lipinski definition) is 1. The van der Waals surface area contributed by atoms with Gasteiger partial charge in [0.25, 0.3) is 15.9 Å². The van der Waals surface area contributed by atoms with Gasteiger partial charge in [-0.2, -0.15) is 0 Å². The minimum absolute atomic E-state index is 0.0270. The average molecular weight is 373 g/mol. The minimum Gasteiger partial charge on any atom is -0.336 e.